The van der Waals surface area contributed by atoms with Gasteiger partial charge in [0.1, 0.15) is 40.0 Å². The first-order valence-electron chi connectivity index (χ1n) is 49.1. The molecule has 40 nitrogen and oxygen atoms in total. The van der Waals surface area contributed by atoms with E-state index in [4.69, 9.17) is 102 Å². The largest absolute Gasteiger partial charge is 0.488 e. The smallest absolute Gasteiger partial charge is 0.211 e. The number of rotatable bonds is 9. The summed E-state index contributed by atoms with van der Waals surface area (Å²) in [5.74, 6) is -0.703. The number of sulfonamides is 1. The van der Waals surface area contributed by atoms with Gasteiger partial charge >= 0.3 is 0 Å². The molecule has 8 aromatic heterocycles. The fraction of sp³-hybridized carbons (Fsp3) is 0.458. The molecule has 0 aromatic carbocycles. The van der Waals surface area contributed by atoms with Crippen LogP contribution in [-0.2, 0) is 10.0 Å². The number of piperazine rings is 6. The summed E-state index contributed by atoms with van der Waals surface area (Å²) in [6.45, 7) is 25.2. The summed E-state index contributed by atoms with van der Waals surface area (Å²) >= 11 is 32.6. The van der Waals surface area contributed by atoms with Crippen molar-refractivity contribution in [1.29, 1.82) is 0 Å². The van der Waals surface area contributed by atoms with Crippen LogP contribution in [0.5, 0.6) is 34.5 Å². The number of fused-ring (bicyclic) bond motifs is 7. The Morgan fingerprint density at radius 3 is 1.01 bits per heavy atom. The van der Waals surface area contributed by atoms with Crippen molar-refractivity contribution in [3.8, 4) is 34.5 Å². The molecule has 0 amide bonds. The number of anilines is 2. The molecular weight excluding hydrogens is 2070 g/mol. The average molecular weight is 2180 g/mol. The van der Waals surface area contributed by atoms with Gasteiger partial charge in [0.15, 0.2) is 100 Å². The first-order chi connectivity index (χ1) is 72.2. The van der Waals surface area contributed by atoms with Crippen molar-refractivity contribution in [3.05, 3.63) is 192 Å². The molecule has 0 aliphatic carbocycles. The molecule has 8 aromatic rings. The highest BCUT2D eigenvalue weighted by Crippen LogP contribution is 2.34. The molecule has 13 aliphatic rings. The Hall–Kier alpha value is -12.9. The zero-order chi connectivity index (χ0) is 104. The molecule has 21 rings (SSSR count). The average Bonchev–Trinajstić information content (AvgIpc) is 0.818. The minimum Gasteiger partial charge on any atom is -0.488 e. The molecule has 0 bridgehead atoms. The Balaban J connectivity index is 0.000000128. The van der Waals surface area contributed by atoms with Crippen LogP contribution in [0.25, 0.3) is 0 Å². The van der Waals surface area contributed by atoms with Crippen molar-refractivity contribution in [2.24, 2.45) is 30.6 Å². The molecule has 792 valence electrons. The van der Waals surface area contributed by atoms with Gasteiger partial charge in [-0.2, -0.15) is 34.9 Å². The van der Waals surface area contributed by atoms with E-state index in [1.54, 1.807) is 18.6 Å². The third-order valence-electron chi connectivity index (χ3n) is 25.8. The van der Waals surface area contributed by atoms with Crippen molar-refractivity contribution >= 4 is 160 Å². The number of piperidine rings is 1. The monoisotopic (exact) mass is 2180 g/mol. The Kier molecular flexibility index (Phi) is 38.4. The SMILES string of the molecule is CC1CN(C(=S)N/N=C2/CCOc3c(F)ccnc32)CCN1.CS(=O)(=O)N1CCN(C(=S)N/N=C2/CCOc3c(F)ccnc32)CC1.C[C@@H]1CN(C(=S)N/N=C2/CCOc3c(F)ccnc32)C[C@H](C)N1.Fc1ccnc2c1OCC/C2=N/NC(=S)N1CCN(c2ccccn2)CC1.Fc1ccnc2c1OCC/C2=N/NC(=S)N1CCN(c2ccncc2)CC1.Fc1ccnc2c1OCC/C2=N/NC(=S)N1CCN2CCCCC2C1. The van der Waals surface area contributed by atoms with Crippen LogP contribution in [0.1, 0.15) is 113 Å². The molecule has 0 saturated carbocycles. The number of hydrogen-bond donors (Lipinski definition) is 8. The summed E-state index contributed by atoms with van der Waals surface area (Å²) in [7, 11) is -3.18. The second kappa shape index (κ2) is 52.5. The van der Waals surface area contributed by atoms with Gasteiger partial charge in [-0.05, 0) is 174 Å². The number of hydrogen-bond acceptors (Lipinski definition) is 33. The predicted molar refractivity (Wildman–Crippen MR) is 577 cm³/mol. The number of pyridine rings is 8. The maximum atomic E-state index is 13.8. The highest BCUT2D eigenvalue weighted by molar-refractivity contribution is 7.88. The maximum Gasteiger partial charge on any atom is 0.211 e. The molecule has 53 heteroatoms. The summed E-state index contributed by atoms with van der Waals surface area (Å²) in [4.78, 5) is 52.9. The fourth-order valence-electron chi connectivity index (χ4n) is 18.2. The van der Waals surface area contributed by atoms with Crippen LogP contribution >= 0.6 is 73.3 Å². The molecule has 8 N–H and O–H groups in total. The number of nitrogens with zero attached hydrogens (tertiary/aromatic N) is 24. The van der Waals surface area contributed by atoms with E-state index in [-0.39, 0.29) is 34.5 Å². The minimum absolute atomic E-state index is 0.0991. The van der Waals surface area contributed by atoms with Crippen molar-refractivity contribution in [3.63, 3.8) is 0 Å². The second-order valence-corrected chi connectivity index (χ2v) is 40.4. The van der Waals surface area contributed by atoms with Gasteiger partial charge in [0.25, 0.3) is 0 Å². The third-order valence-corrected chi connectivity index (χ3v) is 29.2. The molecular formula is C96H116F6N32O8S7. The van der Waals surface area contributed by atoms with E-state index in [0.29, 0.717) is 228 Å². The van der Waals surface area contributed by atoms with E-state index < -0.39 is 44.9 Å². The summed E-state index contributed by atoms with van der Waals surface area (Å²) in [5.41, 5.74) is 25.0. The van der Waals surface area contributed by atoms with E-state index in [1.165, 1.54) is 110 Å². The van der Waals surface area contributed by atoms with Crippen molar-refractivity contribution in [2.45, 2.75) is 103 Å². The Bertz CT molecular complexity index is 6250. The molecule has 7 saturated heterocycles. The van der Waals surface area contributed by atoms with Crippen molar-refractivity contribution in [2.75, 3.05) is 193 Å². The summed E-state index contributed by atoms with van der Waals surface area (Å²) in [5, 5.41) is 36.1. The number of aromatic nitrogens is 8. The zero-order valence-electron chi connectivity index (χ0n) is 82.4. The van der Waals surface area contributed by atoms with Crippen LogP contribution in [0, 0.1) is 34.9 Å². The standard InChI is InChI=1S/2C18H19FN6OS.C17H22FN5OS.C15H20FN5OS.C14H18FN5O3S2.C14H18FN5OS/c19-14-3-7-21-16-15(4-12-26-17(14)16)22-23-18(27)25-10-8-24(9-11-25)13-1-5-20-6-2-13;19-13-4-7-21-16-14(5-12-26-17(13)16)22-23-18(27)25-10-8-24(9-11-25)15-3-1-2-6-20-15;18-13-4-6-19-15-14(5-10-24-16(13)15)20-21-17(25)23-9-8-22-7-2-1-3-12(22)11-23;1-9-7-21(8-10(2)18-9)15(23)20-19-12-4-6-22-14-11(16)3-5-17-13(12)14;1-25(21,22)20-7-5-19(6-8-20)14(24)18-17-11-3-9-23-13-10(15)2-4-16-12(11)13;1-9-8-20(6-5-16-9)14(22)19-18-11-3-7-21-13-10(15)2-4-17-12(11)13/h1-3,5-7H,4,8-12H2,(H,23,27);1-4,6-7H,5,8-12H2,(H,23,27);4,6,12H,1-3,5,7-11H2,(H,21,25);3,5,9-10,18H,4,6-8H2,1-2H3,(H,20,23);2,4H,3,5-9H2,1H3,(H,18,24);2,4,9,16H,3,5-8H2,1H3,(H,19,22)/b22-15-;22-14-;20-14-;19-12-;17-11-;18-11-/t;;;9-,10+;;. The summed E-state index contributed by atoms with van der Waals surface area (Å²) in [6, 6.07) is 19.3. The number of halogens is 6. The van der Waals surface area contributed by atoms with Gasteiger partial charge in [-0.15, -0.1) is 0 Å². The molecule has 2 unspecified atom stereocenters. The second-order valence-electron chi connectivity index (χ2n) is 36.1. The topological polar surface area (TPSA) is 395 Å². The van der Waals surface area contributed by atoms with Crippen LogP contribution < -0.4 is 81.4 Å². The van der Waals surface area contributed by atoms with Crippen LogP contribution in [0.4, 0.5) is 37.8 Å². The van der Waals surface area contributed by atoms with E-state index in [1.807, 2.05) is 35.2 Å². The Morgan fingerprint density at radius 2 is 0.671 bits per heavy atom. The van der Waals surface area contributed by atoms with E-state index in [0.717, 1.165) is 116 Å². The van der Waals surface area contributed by atoms with E-state index in [2.05, 4.69) is 174 Å². The van der Waals surface area contributed by atoms with Crippen LogP contribution in [0.3, 0.4) is 0 Å². The highest BCUT2D eigenvalue weighted by atomic mass is 32.2. The number of nitrogens with one attached hydrogen (secondary N) is 8. The lowest BCUT2D eigenvalue weighted by Gasteiger charge is -2.44. The molecule has 13 aliphatic heterocycles. The van der Waals surface area contributed by atoms with Crippen LogP contribution in [0.15, 0.2) is 153 Å². The molecule has 4 atom stereocenters. The number of hydrazone groups is 6. The Morgan fingerprint density at radius 1 is 0.349 bits per heavy atom. The van der Waals surface area contributed by atoms with Crippen LogP contribution in [-0.4, -0.2) is 359 Å². The van der Waals surface area contributed by atoms with Gasteiger partial charge in [-0.3, -0.25) is 72.3 Å². The zero-order valence-corrected chi connectivity index (χ0v) is 88.2. The molecule has 0 spiro atoms. The fourth-order valence-corrected chi connectivity index (χ4v) is 20.3. The summed E-state index contributed by atoms with van der Waals surface area (Å²) in [6.07, 6.45) is 22.2. The lowest BCUT2D eigenvalue weighted by Crippen LogP contribution is -2.57. The lowest BCUT2D eigenvalue weighted by molar-refractivity contribution is 0.0799. The van der Waals surface area contributed by atoms with Gasteiger partial charge in [0.05, 0.1) is 80.2 Å². The van der Waals surface area contributed by atoms with E-state index in [9.17, 15) is 34.8 Å². The Labute approximate surface area is 891 Å². The van der Waals surface area contributed by atoms with Gasteiger partial charge in [0.2, 0.25) is 10.0 Å². The molecule has 7 fully saturated rings. The lowest BCUT2D eigenvalue weighted by atomic mass is 10.00. The van der Waals surface area contributed by atoms with Crippen molar-refractivity contribution < 1.29 is 63.2 Å². The first-order valence-corrected chi connectivity index (χ1v) is 53.4. The molecule has 0 radical (unpaired) electrons. The van der Waals surface area contributed by atoms with Crippen molar-refractivity contribution in [1.82, 2.24) is 122 Å². The third kappa shape index (κ3) is 29.1. The van der Waals surface area contributed by atoms with Gasteiger partial charge < -0.3 is 78.3 Å². The van der Waals surface area contributed by atoms with Gasteiger partial charge in [-0.25, -0.2) is 39.7 Å². The van der Waals surface area contributed by atoms with Gasteiger partial charge in [-0.1, -0.05) is 12.5 Å². The maximum absolute atomic E-state index is 13.8. The number of ether oxygens (including phenoxy) is 6. The van der Waals surface area contributed by atoms with E-state index >= 15 is 0 Å². The predicted octanol–water partition coefficient (Wildman–Crippen LogP) is 7.65. The normalized spacial score (nSPS) is 21.5. The molecule has 21 heterocycles. The summed E-state index contributed by atoms with van der Waals surface area (Å²) < 4.78 is 139. The number of thiocarbonyl (C=S) groups is 6. The van der Waals surface area contributed by atoms with Gasteiger partial charge in [0, 0.05) is 255 Å². The van der Waals surface area contributed by atoms with Crippen LogP contribution in [0.2, 0.25) is 0 Å². The molecule has 149 heavy (non-hydrogen) atoms. The quantitative estimate of drug-likeness (QED) is 0.0390. The minimum atomic E-state index is -3.18. The highest BCUT2D eigenvalue weighted by Gasteiger charge is 2.35. The first kappa shape index (κ1) is 109.